The fourth-order valence-corrected chi connectivity index (χ4v) is 7.73. The standard InChI is InChI=1S/C21H34/c1-3-16-10-12-20-19-11-9-15-7-5-6-8-17(15)18(19)13-14-21(16,20)4-2/h3,15-20H,1,4-14H2,2H3/t15-,16+,17+,18-,19-,20+,21-/m1/s1. The Morgan fingerprint density at radius 1 is 0.905 bits per heavy atom. The van der Waals surface area contributed by atoms with Crippen molar-refractivity contribution in [3.8, 4) is 0 Å². The van der Waals surface area contributed by atoms with Crippen molar-refractivity contribution in [1.82, 2.24) is 0 Å². The highest BCUT2D eigenvalue weighted by Crippen LogP contribution is 2.65. The smallest absolute Gasteiger partial charge is 0.0177 e. The van der Waals surface area contributed by atoms with E-state index in [1.165, 1.54) is 38.5 Å². The molecule has 4 aliphatic carbocycles. The molecule has 0 amide bonds. The second kappa shape index (κ2) is 5.43. The van der Waals surface area contributed by atoms with E-state index in [2.05, 4.69) is 19.6 Å². The van der Waals surface area contributed by atoms with Gasteiger partial charge in [-0.15, -0.1) is 6.58 Å². The van der Waals surface area contributed by atoms with Crippen LogP contribution in [0, 0.1) is 40.9 Å². The van der Waals surface area contributed by atoms with Gasteiger partial charge in [-0.1, -0.05) is 32.3 Å². The van der Waals surface area contributed by atoms with Crippen LogP contribution in [0.4, 0.5) is 0 Å². The zero-order valence-electron chi connectivity index (χ0n) is 14.0. The Labute approximate surface area is 131 Å². The van der Waals surface area contributed by atoms with Gasteiger partial charge in [-0.3, -0.25) is 0 Å². The van der Waals surface area contributed by atoms with Crippen LogP contribution in [0.15, 0.2) is 12.7 Å². The molecule has 4 aliphatic rings. The summed E-state index contributed by atoms with van der Waals surface area (Å²) in [7, 11) is 0. The monoisotopic (exact) mass is 286 g/mol. The first-order valence-corrected chi connectivity index (χ1v) is 9.92. The first kappa shape index (κ1) is 14.3. The summed E-state index contributed by atoms with van der Waals surface area (Å²) >= 11 is 0. The number of hydrogen-bond acceptors (Lipinski definition) is 0. The minimum absolute atomic E-state index is 0.657. The third kappa shape index (κ3) is 2.00. The van der Waals surface area contributed by atoms with Gasteiger partial charge in [0.25, 0.3) is 0 Å². The molecular formula is C21H34. The first-order valence-electron chi connectivity index (χ1n) is 9.92. The molecule has 0 spiro atoms. The zero-order valence-corrected chi connectivity index (χ0v) is 14.0. The van der Waals surface area contributed by atoms with Crippen LogP contribution in [-0.2, 0) is 0 Å². The molecule has 0 aromatic rings. The van der Waals surface area contributed by atoms with Gasteiger partial charge in [0.2, 0.25) is 0 Å². The largest absolute Gasteiger partial charge is 0.103 e. The normalized spacial score (nSPS) is 52.6. The van der Waals surface area contributed by atoms with Crippen LogP contribution < -0.4 is 0 Å². The van der Waals surface area contributed by atoms with Gasteiger partial charge in [0, 0.05) is 0 Å². The second-order valence-corrected chi connectivity index (χ2v) is 8.76. The van der Waals surface area contributed by atoms with Crippen molar-refractivity contribution in [2.75, 3.05) is 0 Å². The highest BCUT2D eigenvalue weighted by Gasteiger charge is 2.57. The molecule has 0 aromatic heterocycles. The SMILES string of the molecule is C=C[C@H]1CC[C@H]2[C@@H]3CC[C@H]4CCCC[C@@H]4[C@H]3CC[C@]12CC. The lowest BCUT2D eigenvalue weighted by Crippen LogP contribution is -2.48. The topological polar surface area (TPSA) is 0 Å². The molecule has 0 radical (unpaired) electrons. The molecule has 0 saturated heterocycles. The highest BCUT2D eigenvalue weighted by atomic mass is 14.6. The fourth-order valence-electron chi connectivity index (χ4n) is 7.73. The van der Waals surface area contributed by atoms with Crippen LogP contribution in [0.25, 0.3) is 0 Å². The maximum absolute atomic E-state index is 4.20. The lowest BCUT2D eigenvalue weighted by atomic mass is 9.49. The molecule has 118 valence electrons. The summed E-state index contributed by atoms with van der Waals surface area (Å²) < 4.78 is 0. The van der Waals surface area contributed by atoms with E-state index in [4.69, 9.17) is 0 Å². The molecule has 0 heteroatoms. The van der Waals surface area contributed by atoms with E-state index in [0.717, 1.165) is 35.5 Å². The van der Waals surface area contributed by atoms with Crippen molar-refractivity contribution in [2.24, 2.45) is 40.9 Å². The van der Waals surface area contributed by atoms with Gasteiger partial charge >= 0.3 is 0 Å². The summed E-state index contributed by atoms with van der Waals surface area (Å²) in [6.45, 7) is 6.67. The van der Waals surface area contributed by atoms with Crippen LogP contribution in [0.1, 0.15) is 77.6 Å². The molecule has 4 saturated carbocycles. The first-order chi connectivity index (χ1) is 10.3. The Bertz CT molecular complexity index is 397. The quantitative estimate of drug-likeness (QED) is 0.528. The minimum Gasteiger partial charge on any atom is -0.103 e. The van der Waals surface area contributed by atoms with E-state index in [1.807, 2.05) is 0 Å². The van der Waals surface area contributed by atoms with Gasteiger partial charge < -0.3 is 0 Å². The maximum atomic E-state index is 4.20. The Hall–Kier alpha value is -0.260. The molecule has 4 fully saturated rings. The molecule has 0 unspecified atom stereocenters. The highest BCUT2D eigenvalue weighted by molar-refractivity contribution is 5.10. The predicted molar refractivity (Wildman–Crippen MR) is 90.0 cm³/mol. The predicted octanol–water partition coefficient (Wildman–Crippen LogP) is 6.22. The van der Waals surface area contributed by atoms with Crippen molar-refractivity contribution in [3.05, 3.63) is 12.7 Å². The molecule has 21 heavy (non-hydrogen) atoms. The van der Waals surface area contributed by atoms with Crippen molar-refractivity contribution < 1.29 is 0 Å². The van der Waals surface area contributed by atoms with Crippen LogP contribution in [0.5, 0.6) is 0 Å². The summed E-state index contributed by atoms with van der Waals surface area (Å²) in [6.07, 6.45) is 19.1. The summed E-state index contributed by atoms with van der Waals surface area (Å²) in [4.78, 5) is 0. The van der Waals surface area contributed by atoms with E-state index in [0.29, 0.717) is 5.41 Å². The lowest BCUT2D eigenvalue weighted by molar-refractivity contribution is -0.0660. The molecule has 0 aliphatic heterocycles. The summed E-state index contributed by atoms with van der Waals surface area (Å²) in [5.41, 5.74) is 0.657. The van der Waals surface area contributed by atoms with Gasteiger partial charge in [0.05, 0.1) is 0 Å². The maximum Gasteiger partial charge on any atom is -0.0177 e. The molecular weight excluding hydrogens is 252 g/mol. The average Bonchev–Trinajstić information content (AvgIpc) is 2.93. The van der Waals surface area contributed by atoms with E-state index in [9.17, 15) is 0 Å². The summed E-state index contributed by atoms with van der Waals surface area (Å²) in [5, 5.41) is 0. The molecule has 0 bridgehead atoms. The van der Waals surface area contributed by atoms with Gasteiger partial charge in [-0.05, 0) is 92.3 Å². The van der Waals surface area contributed by atoms with Crippen LogP contribution >= 0.6 is 0 Å². The van der Waals surface area contributed by atoms with Gasteiger partial charge in [-0.25, -0.2) is 0 Å². The molecule has 4 rings (SSSR count). The Morgan fingerprint density at radius 2 is 1.76 bits per heavy atom. The average molecular weight is 287 g/mol. The van der Waals surface area contributed by atoms with E-state index in [-0.39, 0.29) is 0 Å². The van der Waals surface area contributed by atoms with Gasteiger partial charge in [-0.2, -0.15) is 0 Å². The molecule has 7 atom stereocenters. The number of allylic oxidation sites excluding steroid dienone is 1. The number of hydrogen-bond donors (Lipinski definition) is 0. The van der Waals surface area contributed by atoms with E-state index < -0.39 is 0 Å². The van der Waals surface area contributed by atoms with E-state index >= 15 is 0 Å². The van der Waals surface area contributed by atoms with Gasteiger partial charge in [0.1, 0.15) is 0 Å². The fraction of sp³-hybridized carbons (Fsp3) is 0.905. The zero-order chi connectivity index (χ0) is 14.4. The Balaban J connectivity index is 1.61. The number of rotatable bonds is 2. The Morgan fingerprint density at radius 3 is 2.57 bits per heavy atom. The minimum atomic E-state index is 0.657. The lowest BCUT2D eigenvalue weighted by Gasteiger charge is -2.56. The van der Waals surface area contributed by atoms with Crippen molar-refractivity contribution in [2.45, 2.75) is 77.6 Å². The third-order valence-electron chi connectivity index (χ3n) is 8.61. The summed E-state index contributed by atoms with van der Waals surface area (Å²) in [5.74, 6) is 6.31. The molecule has 0 N–H and O–H groups in total. The van der Waals surface area contributed by atoms with Crippen molar-refractivity contribution in [3.63, 3.8) is 0 Å². The van der Waals surface area contributed by atoms with E-state index in [1.54, 1.807) is 32.1 Å². The molecule has 0 nitrogen and oxygen atoms in total. The second-order valence-electron chi connectivity index (χ2n) is 8.76. The Kier molecular flexibility index (Phi) is 3.71. The van der Waals surface area contributed by atoms with Crippen molar-refractivity contribution >= 4 is 0 Å². The summed E-state index contributed by atoms with van der Waals surface area (Å²) in [6, 6.07) is 0. The van der Waals surface area contributed by atoms with Crippen LogP contribution in [0.3, 0.4) is 0 Å². The third-order valence-corrected chi connectivity index (χ3v) is 8.61. The van der Waals surface area contributed by atoms with Crippen molar-refractivity contribution in [1.29, 1.82) is 0 Å². The van der Waals surface area contributed by atoms with Gasteiger partial charge in [0.15, 0.2) is 0 Å². The van der Waals surface area contributed by atoms with Crippen LogP contribution in [-0.4, -0.2) is 0 Å². The molecule has 0 heterocycles. The molecule has 0 aromatic carbocycles. The van der Waals surface area contributed by atoms with Crippen LogP contribution in [0.2, 0.25) is 0 Å². The number of fused-ring (bicyclic) bond motifs is 5.